The van der Waals surface area contributed by atoms with E-state index in [0.29, 0.717) is 39.0 Å². The minimum absolute atomic E-state index is 0. The normalized spacial score (nSPS) is 23.1. The van der Waals surface area contributed by atoms with Crippen LogP contribution in [0.3, 0.4) is 0 Å². The SMILES string of the molecule is C.O=C(OCc1ccccc1)N1CCN(C(=O)C2CCC(O)CC2)CC1. The van der Waals surface area contributed by atoms with Crippen molar-refractivity contribution in [2.45, 2.75) is 45.8 Å². The molecule has 1 aliphatic heterocycles. The Hall–Kier alpha value is -2.08. The molecule has 2 aliphatic rings. The zero-order chi connectivity index (χ0) is 17.6. The smallest absolute Gasteiger partial charge is 0.410 e. The summed E-state index contributed by atoms with van der Waals surface area (Å²) in [6.45, 7) is 2.39. The van der Waals surface area contributed by atoms with Gasteiger partial charge in [-0.25, -0.2) is 4.79 Å². The van der Waals surface area contributed by atoms with Crippen LogP contribution in [-0.2, 0) is 16.1 Å². The molecule has 144 valence electrons. The van der Waals surface area contributed by atoms with Crippen LogP contribution < -0.4 is 0 Å². The maximum Gasteiger partial charge on any atom is 0.410 e. The zero-order valence-electron chi connectivity index (χ0n) is 14.5. The maximum atomic E-state index is 12.6. The maximum absolute atomic E-state index is 12.6. The lowest BCUT2D eigenvalue weighted by atomic mass is 9.86. The molecule has 2 amide bonds. The quantitative estimate of drug-likeness (QED) is 0.897. The molecule has 1 aromatic rings. The van der Waals surface area contributed by atoms with Gasteiger partial charge in [-0.2, -0.15) is 0 Å². The topological polar surface area (TPSA) is 70.1 Å². The summed E-state index contributed by atoms with van der Waals surface area (Å²) >= 11 is 0. The van der Waals surface area contributed by atoms with Crippen LogP contribution in [0.2, 0.25) is 0 Å². The fraction of sp³-hybridized carbons (Fsp3) is 0.600. The van der Waals surface area contributed by atoms with E-state index in [1.807, 2.05) is 35.2 Å². The molecule has 0 aromatic heterocycles. The summed E-state index contributed by atoms with van der Waals surface area (Å²) in [7, 11) is 0. The number of hydrogen-bond acceptors (Lipinski definition) is 4. The van der Waals surface area contributed by atoms with E-state index in [1.165, 1.54) is 0 Å². The van der Waals surface area contributed by atoms with Crippen molar-refractivity contribution in [1.82, 2.24) is 9.80 Å². The third-order valence-electron chi connectivity index (χ3n) is 5.10. The van der Waals surface area contributed by atoms with Crippen molar-refractivity contribution in [2.75, 3.05) is 26.2 Å². The van der Waals surface area contributed by atoms with E-state index in [0.717, 1.165) is 18.4 Å². The average Bonchev–Trinajstić information content (AvgIpc) is 2.67. The number of hydrogen-bond donors (Lipinski definition) is 1. The second kappa shape index (κ2) is 9.57. The molecule has 1 saturated heterocycles. The molecule has 0 unspecified atom stereocenters. The van der Waals surface area contributed by atoms with Crippen LogP contribution >= 0.6 is 0 Å². The Balaban J connectivity index is 0.00000243. The number of piperazine rings is 1. The number of ether oxygens (including phenoxy) is 1. The van der Waals surface area contributed by atoms with Crippen LogP contribution in [0.5, 0.6) is 0 Å². The largest absolute Gasteiger partial charge is 0.445 e. The van der Waals surface area contributed by atoms with Gasteiger partial charge in [0.25, 0.3) is 0 Å². The van der Waals surface area contributed by atoms with E-state index in [4.69, 9.17) is 4.74 Å². The van der Waals surface area contributed by atoms with Crippen molar-refractivity contribution in [2.24, 2.45) is 5.92 Å². The Kier molecular flexibility index (Phi) is 7.45. The van der Waals surface area contributed by atoms with Gasteiger partial charge in [-0.3, -0.25) is 4.79 Å². The van der Waals surface area contributed by atoms with Crippen LogP contribution in [-0.4, -0.2) is 59.2 Å². The number of rotatable bonds is 3. The number of carbonyl (C=O) groups excluding carboxylic acids is 2. The van der Waals surface area contributed by atoms with Gasteiger partial charge in [0.2, 0.25) is 5.91 Å². The molecule has 6 heteroatoms. The highest BCUT2D eigenvalue weighted by atomic mass is 16.6. The van der Waals surface area contributed by atoms with Crippen LogP contribution in [0.25, 0.3) is 0 Å². The van der Waals surface area contributed by atoms with E-state index >= 15 is 0 Å². The van der Waals surface area contributed by atoms with Gasteiger partial charge in [-0.15, -0.1) is 0 Å². The summed E-state index contributed by atoms with van der Waals surface area (Å²) in [5, 5.41) is 9.56. The van der Waals surface area contributed by atoms with E-state index in [9.17, 15) is 14.7 Å². The number of aliphatic hydroxyl groups excluding tert-OH is 1. The lowest BCUT2D eigenvalue weighted by molar-refractivity contribution is -0.138. The summed E-state index contributed by atoms with van der Waals surface area (Å²) < 4.78 is 5.35. The Morgan fingerprint density at radius 3 is 2.15 bits per heavy atom. The highest BCUT2D eigenvalue weighted by Gasteiger charge is 2.31. The first-order valence-electron chi connectivity index (χ1n) is 9.06. The Labute approximate surface area is 155 Å². The van der Waals surface area contributed by atoms with E-state index in [2.05, 4.69) is 0 Å². The van der Waals surface area contributed by atoms with Crippen LogP contribution in [0, 0.1) is 5.92 Å². The molecule has 1 aromatic carbocycles. The Morgan fingerprint density at radius 2 is 1.54 bits per heavy atom. The van der Waals surface area contributed by atoms with E-state index in [-0.39, 0.29) is 38.1 Å². The second-order valence-corrected chi connectivity index (χ2v) is 6.86. The van der Waals surface area contributed by atoms with Gasteiger partial charge in [-0.1, -0.05) is 37.8 Å². The standard InChI is InChI=1S/C19H26N2O4.CH4/c22-17-8-6-16(7-9-17)18(23)20-10-12-21(13-11-20)19(24)25-14-15-4-2-1-3-5-15;/h1-5,16-17,22H,6-14H2;1H4. The molecule has 6 nitrogen and oxygen atoms in total. The number of benzene rings is 1. The molecule has 1 aliphatic carbocycles. The van der Waals surface area contributed by atoms with Crippen molar-refractivity contribution in [3.8, 4) is 0 Å². The van der Waals surface area contributed by atoms with E-state index < -0.39 is 0 Å². The number of carbonyl (C=O) groups is 2. The van der Waals surface area contributed by atoms with Gasteiger partial charge in [0.05, 0.1) is 6.10 Å². The molecule has 0 spiro atoms. The first-order chi connectivity index (χ1) is 12.1. The lowest BCUT2D eigenvalue weighted by Gasteiger charge is -2.37. The molecule has 1 N–H and O–H groups in total. The van der Waals surface area contributed by atoms with Crippen LogP contribution in [0.1, 0.15) is 38.7 Å². The van der Waals surface area contributed by atoms with Gasteiger partial charge in [0.1, 0.15) is 6.61 Å². The van der Waals surface area contributed by atoms with Crippen molar-refractivity contribution in [1.29, 1.82) is 0 Å². The monoisotopic (exact) mass is 362 g/mol. The third-order valence-corrected chi connectivity index (χ3v) is 5.10. The third kappa shape index (κ3) is 5.21. The van der Waals surface area contributed by atoms with Crippen LogP contribution in [0.15, 0.2) is 30.3 Å². The second-order valence-electron chi connectivity index (χ2n) is 6.86. The molecule has 2 fully saturated rings. The summed E-state index contributed by atoms with van der Waals surface area (Å²) in [5.74, 6) is 0.198. The molecule has 0 atom stereocenters. The molecule has 3 rings (SSSR count). The predicted octanol–water partition coefficient (Wildman–Crippen LogP) is 2.65. The highest BCUT2D eigenvalue weighted by Crippen LogP contribution is 2.26. The highest BCUT2D eigenvalue weighted by molar-refractivity contribution is 5.79. The zero-order valence-corrected chi connectivity index (χ0v) is 14.5. The number of amides is 2. The van der Waals surface area contributed by atoms with Gasteiger partial charge in [-0.05, 0) is 31.2 Å². The molecule has 1 heterocycles. The molecule has 1 saturated carbocycles. The summed E-state index contributed by atoms with van der Waals surface area (Å²) in [6.07, 6.45) is 2.38. The van der Waals surface area contributed by atoms with Crippen LogP contribution in [0.4, 0.5) is 4.79 Å². The summed E-state index contributed by atoms with van der Waals surface area (Å²) in [4.78, 5) is 28.2. The summed E-state index contributed by atoms with van der Waals surface area (Å²) in [6, 6.07) is 9.60. The first kappa shape index (κ1) is 20.2. The minimum Gasteiger partial charge on any atom is -0.445 e. The average molecular weight is 362 g/mol. The molecule has 0 bridgehead atoms. The summed E-state index contributed by atoms with van der Waals surface area (Å²) in [5.41, 5.74) is 0.962. The molecule has 0 radical (unpaired) electrons. The van der Waals surface area contributed by atoms with Crippen molar-refractivity contribution >= 4 is 12.0 Å². The van der Waals surface area contributed by atoms with Gasteiger partial charge < -0.3 is 19.6 Å². The van der Waals surface area contributed by atoms with Gasteiger partial charge in [0, 0.05) is 32.1 Å². The number of aliphatic hydroxyl groups is 1. The lowest BCUT2D eigenvalue weighted by Crippen LogP contribution is -2.52. The molecular weight excluding hydrogens is 332 g/mol. The van der Waals surface area contributed by atoms with Crippen molar-refractivity contribution in [3.05, 3.63) is 35.9 Å². The fourth-order valence-electron chi connectivity index (χ4n) is 3.50. The first-order valence-corrected chi connectivity index (χ1v) is 9.06. The fourth-order valence-corrected chi connectivity index (χ4v) is 3.50. The molecular formula is C20H30N2O4. The Bertz CT molecular complexity index is 577. The van der Waals surface area contributed by atoms with Gasteiger partial charge in [0.15, 0.2) is 0 Å². The number of nitrogens with zero attached hydrogens (tertiary/aromatic N) is 2. The van der Waals surface area contributed by atoms with E-state index in [1.54, 1.807) is 4.90 Å². The van der Waals surface area contributed by atoms with Crippen molar-refractivity contribution in [3.63, 3.8) is 0 Å². The molecule has 26 heavy (non-hydrogen) atoms. The van der Waals surface area contributed by atoms with Crippen molar-refractivity contribution < 1.29 is 19.4 Å². The van der Waals surface area contributed by atoms with Gasteiger partial charge >= 0.3 is 6.09 Å². The minimum atomic E-state index is -0.322. The predicted molar refractivity (Wildman–Crippen MR) is 99.5 cm³/mol. The Morgan fingerprint density at radius 1 is 0.962 bits per heavy atom.